The maximum Gasteiger partial charge on any atom is 0.129 e. The molecule has 6 atom stereocenters. The van der Waals surface area contributed by atoms with Gasteiger partial charge in [0.1, 0.15) is 48.3 Å². The molecule has 0 bridgehead atoms. The summed E-state index contributed by atoms with van der Waals surface area (Å²) in [5.74, 6) is 45.2. The topological polar surface area (TPSA) is 83.3 Å². The smallest absolute Gasteiger partial charge is 0.129 e. The van der Waals surface area contributed by atoms with E-state index in [1.807, 2.05) is 114 Å². The first-order valence-electron chi connectivity index (χ1n) is 34.7. The van der Waals surface area contributed by atoms with E-state index in [2.05, 4.69) is 192 Å². The van der Waals surface area contributed by atoms with Gasteiger partial charge in [0, 0.05) is 74.8 Å². The van der Waals surface area contributed by atoms with Gasteiger partial charge in [-0.3, -0.25) is 5.01 Å². The minimum absolute atomic E-state index is 0.361. The summed E-state index contributed by atoms with van der Waals surface area (Å²) in [5.41, 5.74) is 12.3. The average Bonchev–Trinajstić information content (AvgIpc) is 0.992. The van der Waals surface area contributed by atoms with Crippen molar-refractivity contribution in [1.29, 1.82) is 0 Å². The van der Waals surface area contributed by atoms with Crippen molar-refractivity contribution in [1.82, 2.24) is 5.01 Å². The molecule has 0 aliphatic heterocycles. The van der Waals surface area contributed by atoms with Crippen LogP contribution in [0.5, 0.6) is 34.5 Å². The molecule has 9 nitrogen and oxygen atoms in total. The van der Waals surface area contributed by atoms with Gasteiger partial charge in [0.05, 0.1) is 45.2 Å². The summed E-state index contributed by atoms with van der Waals surface area (Å²) in [7, 11) is -1.70. The second-order valence-electron chi connectivity index (χ2n) is 26.2. The lowest BCUT2D eigenvalue weighted by atomic mass is 10.0. The van der Waals surface area contributed by atoms with Crippen molar-refractivity contribution in [3.8, 4) is 105 Å². The molecule has 0 amide bonds. The van der Waals surface area contributed by atoms with E-state index in [0.29, 0.717) is 126 Å². The molecule has 10 heteroatoms. The molecule has 0 unspecified atom stereocenters. The van der Waals surface area contributed by atoms with Gasteiger partial charge in [-0.25, -0.2) is 0 Å². The molecule has 0 fully saturated rings. The summed E-state index contributed by atoms with van der Waals surface area (Å²) >= 11 is 0. The predicted molar refractivity (Wildman–Crippen MR) is 396 cm³/mol. The molecule has 95 heavy (non-hydrogen) atoms. The molecule has 0 N–H and O–H groups in total. The third-order valence-electron chi connectivity index (χ3n) is 16.6. The molecular formula is C85H103N3O6Si. The van der Waals surface area contributed by atoms with Crippen molar-refractivity contribution in [3.63, 3.8) is 0 Å². The van der Waals surface area contributed by atoms with Gasteiger partial charge in [0.15, 0.2) is 0 Å². The normalized spacial score (nSPS) is 12.7. The Hall–Kier alpha value is -8.90. The molecule has 0 heterocycles. The highest BCUT2D eigenvalue weighted by Crippen LogP contribution is 2.29. The summed E-state index contributed by atoms with van der Waals surface area (Å²) < 4.78 is 38.1. The summed E-state index contributed by atoms with van der Waals surface area (Å²) in [6, 6.07) is 35.6. The van der Waals surface area contributed by atoms with Gasteiger partial charge >= 0.3 is 0 Å². The van der Waals surface area contributed by atoms with Crippen LogP contribution in [0.2, 0.25) is 19.6 Å². The lowest BCUT2D eigenvalue weighted by molar-refractivity contribution is 0.256. The Bertz CT molecular complexity index is 3920. The first kappa shape index (κ1) is 75.1. The fourth-order valence-corrected chi connectivity index (χ4v) is 8.95. The van der Waals surface area contributed by atoms with Gasteiger partial charge in [0.25, 0.3) is 0 Å². The van der Waals surface area contributed by atoms with Crippen LogP contribution in [-0.2, 0) is 0 Å². The van der Waals surface area contributed by atoms with E-state index < -0.39 is 8.07 Å². The van der Waals surface area contributed by atoms with Crippen molar-refractivity contribution in [3.05, 3.63) is 170 Å². The Morgan fingerprint density at radius 3 is 0.768 bits per heavy atom. The molecular weight excluding hydrogens is 1190 g/mol. The number of nitrogens with zero attached hydrogens (tertiary/aromatic N) is 3. The molecule has 6 rings (SSSR count). The van der Waals surface area contributed by atoms with Gasteiger partial charge in [0.2, 0.25) is 0 Å². The van der Waals surface area contributed by atoms with Gasteiger partial charge in [-0.15, -0.1) is 10.7 Å². The summed E-state index contributed by atoms with van der Waals surface area (Å²) in [6.07, 6.45) is 6.03. The number of benzene rings is 6. The van der Waals surface area contributed by atoms with E-state index in [1.54, 1.807) is 0 Å². The summed E-state index contributed by atoms with van der Waals surface area (Å²) in [5, 5.41) is 11.2. The van der Waals surface area contributed by atoms with E-state index in [4.69, 9.17) is 33.5 Å². The van der Waals surface area contributed by atoms with Crippen molar-refractivity contribution in [2.75, 3.05) is 52.7 Å². The van der Waals surface area contributed by atoms with Crippen LogP contribution in [-0.4, -0.2) is 65.8 Å². The third-order valence-corrected chi connectivity index (χ3v) is 17.4. The van der Waals surface area contributed by atoms with Gasteiger partial charge in [-0.2, -0.15) is 0 Å². The number of hydrogen-bond donors (Lipinski definition) is 0. The largest absolute Gasteiger partial charge is 0.493 e. The van der Waals surface area contributed by atoms with Gasteiger partial charge in [-0.05, 0) is 152 Å². The van der Waals surface area contributed by atoms with Crippen LogP contribution in [0, 0.1) is 106 Å². The Morgan fingerprint density at radius 1 is 0.305 bits per heavy atom. The molecule has 498 valence electrons. The Morgan fingerprint density at radius 2 is 0.526 bits per heavy atom. The van der Waals surface area contributed by atoms with E-state index in [-0.39, 0.29) is 0 Å². The number of ether oxygens (including phenoxy) is 6. The Labute approximate surface area is 573 Å². The van der Waals surface area contributed by atoms with E-state index in [0.717, 1.165) is 102 Å². The van der Waals surface area contributed by atoms with Gasteiger partial charge < -0.3 is 28.4 Å². The van der Waals surface area contributed by atoms with Crippen molar-refractivity contribution in [2.24, 2.45) is 45.8 Å². The lowest BCUT2D eigenvalue weighted by Crippen LogP contribution is -2.16. The number of rotatable bonds is 28. The molecule has 0 radical (unpaired) electrons. The fourth-order valence-electron chi connectivity index (χ4n) is 8.45. The fraction of sp³-hybridized carbons (Fsp3) is 0.435. The van der Waals surface area contributed by atoms with Crippen molar-refractivity contribution >= 4 is 13.8 Å². The van der Waals surface area contributed by atoms with Crippen LogP contribution in [0.3, 0.4) is 0 Å². The molecule has 6 aromatic carbocycles. The molecule has 0 aromatic heterocycles. The Kier molecular flexibility index (Phi) is 30.9. The zero-order valence-corrected chi connectivity index (χ0v) is 61.0. The maximum atomic E-state index is 6.42. The first-order chi connectivity index (χ1) is 45.7. The molecule has 6 aromatic rings. The van der Waals surface area contributed by atoms with Gasteiger partial charge in [-0.1, -0.05) is 212 Å². The third kappa shape index (κ3) is 25.7. The molecule has 0 saturated heterocycles. The first-order valence-corrected chi connectivity index (χ1v) is 38.2. The molecule has 0 spiro atoms. The van der Waals surface area contributed by atoms with Crippen LogP contribution in [0.4, 0.5) is 5.69 Å². The van der Waals surface area contributed by atoms with Crippen LogP contribution < -0.4 is 28.4 Å². The monoisotopic (exact) mass is 1290 g/mol. The SMILES string of the molecule is CC[C@H](C)COc1ccc(C#Cc2cc(OC[C@@H](C)CC)ccc2C#Cc2cc(OC[C@@H](C)CC)ccc2C#C[Si](C)(C)C)c(C#Cc2ccc(OC[C@@H](C)CC)cc2C#Cc2ccc(OC[C@@H](C)CC)cc2C#Cc2ccc(OC[C@@H](C)CC)cc2N=NN(CC)CC)c1. The highest BCUT2D eigenvalue weighted by Gasteiger charge is 2.14. The summed E-state index contributed by atoms with van der Waals surface area (Å²) in [6.45, 7) is 42.0. The lowest BCUT2D eigenvalue weighted by Gasteiger charge is -2.13. The minimum Gasteiger partial charge on any atom is -0.493 e. The summed E-state index contributed by atoms with van der Waals surface area (Å²) in [4.78, 5) is 0. The van der Waals surface area contributed by atoms with Crippen LogP contribution in [0.1, 0.15) is 197 Å². The van der Waals surface area contributed by atoms with Crippen LogP contribution >= 0.6 is 0 Å². The van der Waals surface area contributed by atoms with Crippen molar-refractivity contribution < 1.29 is 28.4 Å². The molecule has 0 saturated carbocycles. The predicted octanol–water partition coefficient (Wildman–Crippen LogP) is 19.8. The highest BCUT2D eigenvalue weighted by atomic mass is 28.3. The number of hydrogen-bond acceptors (Lipinski definition) is 8. The van der Waals surface area contributed by atoms with Crippen LogP contribution in [0.15, 0.2) is 120 Å². The van der Waals surface area contributed by atoms with Crippen LogP contribution in [0.25, 0.3) is 0 Å². The zero-order chi connectivity index (χ0) is 68.7. The Balaban J connectivity index is 1.52. The van der Waals surface area contributed by atoms with E-state index in [9.17, 15) is 0 Å². The minimum atomic E-state index is -1.70. The second kappa shape index (κ2) is 39.1. The highest BCUT2D eigenvalue weighted by molar-refractivity contribution is 6.83. The molecule has 0 aliphatic rings. The molecule has 0 aliphatic carbocycles. The standard InChI is InChI=1S/C85H103N3O6Si/c1-18-62(9)56-89-79-42-36-68(27-32-76-52-81(91-58-64(11)20-3)44-38-70(76)29-34-78-54-83(93-60-66(13)22-5)46-40-72(78)48-49-95(15,16)17)74(50-79)31-26-69-37-43-80(90-57-63(10)19-2)51-75(69)33-28-71-39-45-82(92-59-65(12)21-4)53-77(71)35-30-73-41-47-84(94-61-67(14)23-6)55-85(73)86-87-88(24-7)25-8/h36-47,50-55,62-67H,18-25,56-61H2,1-17H3/t62-,63-,64-,65-,66-,67-/m0/s1. The van der Waals surface area contributed by atoms with Crippen molar-refractivity contribution in [2.45, 2.75) is 155 Å². The maximum absolute atomic E-state index is 6.42. The zero-order valence-electron chi connectivity index (χ0n) is 60.0. The van der Waals surface area contributed by atoms with E-state index in [1.165, 1.54) is 0 Å². The second-order valence-corrected chi connectivity index (χ2v) is 31.0. The van der Waals surface area contributed by atoms with E-state index >= 15 is 0 Å². The quantitative estimate of drug-likeness (QED) is 0.0209. The average molecular weight is 1290 g/mol.